The maximum Gasteiger partial charge on any atom is 0.410 e. The van der Waals surface area contributed by atoms with E-state index in [2.05, 4.69) is 10.3 Å². The summed E-state index contributed by atoms with van der Waals surface area (Å²) in [4.78, 5) is 42.3. The van der Waals surface area contributed by atoms with Gasteiger partial charge < -0.3 is 14.7 Å². The Kier molecular flexibility index (Phi) is 6.12. The second kappa shape index (κ2) is 8.55. The van der Waals surface area contributed by atoms with Gasteiger partial charge >= 0.3 is 6.09 Å². The molecule has 9 heteroatoms. The maximum absolute atomic E-state index is 16.0. The molecule has 2 aliphatic rings. The fourth-order valence-corrected chi connectivity index (χ4v) is 5.01. The van der Waals surface area contributed by atoms with E-state index in [-0.39, 0.29) is 42.8 Å². The van der Waals surface area contributed by atoms with Crippen LogP contribution in [0.25, 0.3) is 10.9 Å². The number of aliphatic hydroxyl groups is 1. The van der Waals surface area contributed by atoms with Crippen molar-refractivity contribution in [3.8, 4) is 0 Å². The van der Waals surface area contributed by atoms with Gasteiger partial charge in [-0.05, 0) is 51.3 Å². The highest BCUT2D eigenvalue weighted by atomic mass is 19.1. The zero-order valence-electron chi connectivity index (χ0n) is 20.8. The number of amides is 3. The molecule has 2 N–H and O–H groups in total. The summed E-state index contributed by atoms with van der Waals surface area (Å²) < 4.78 is 21.4. The van der Waals surface area contributed by atoms with Gasteiger partial charge in [0.25, 0.3) is 0 Å². The van der Waals surface area contributed by atoms with E-state index in [0.29, 0.717) is 17.5 Å². The number of carbonyl (C=O) groups excluding carboxylic acids is 3. The summed E-state index contributed by atoms with van der Waals surface area (Å²) >= 11 is 0. The molecule has 3 amide bonds. The van der Waals surface area contributed by atoms with Crippen molar-refractivity contribution in [2.24, 2.45) is 5.41 Å². The average Bonchev–Trinajstić information content (AvgIpc) is 2.74. The van der Waals surface area contributed by atoms with E-state index in [9.17, 15) is 19.5 Å². The Labute approximate surface area is 203 Å². The Morgan fingerprint density at radius 2 is 2.00 bits per heavy atom. The molecule has 2 aromatic rings. The highest BCUT2D eigenvalue weighted by molar-refractivity contribution is 6.01. The molecule has 2 fully saturated rings. The van der Waals surface area contributed by atoms with E-state index >= 15 is 4.39 Å². The van der Waals surface area contributed by atoms with Crippen molar-refractivity contribution < 1.29 is 28.6 Å². The van der Waals surface area contributed by atoms with Crippen LogP contribution in [-0.2, 0) is 19.9 Å². The minimum atomic E-state index is -1.55. The number of piperidine rings is 2. The quantitative estimate of drug-likeness (QED) is 0.627. The largest absolute Gasteiger partial charge is 0.444 e. The van der Waals surface area contributed by atoms with Crippen LogP contribution in [-0.4, -0.2) is 51.6 Å². The van der Waals surface area contributed by atoms with Crippen LogP contribution < -0.4 is 5.32 Å². The van der Waals surface area contributed by atoms with Crippen LogP contribution in [0.15, 0.2) is 24.4 Å². The van der Waals surface area contributed by atoms with Crippen molar-refractivity contribution >= 4 is 28.8 Å². The number of likely N-dealkylation sites (tertiary alicyclic amines) is 1. The van der Waals surface area contributed by atoms with Crippen molar-refractivity contribution in [2.45, 2.75) is 71.0 Å². The lowest BCUT2D eigenvalue weighted by atomic mass is 9.66. The summed E-state index contributed by atoms with van der Waals surface area (Å²) in [6.45, 7) is 9.36. The molecule has 2 unspecified atom stereocenters. The first-order chi connectivity index (χ1) is 16.2. The van der Waals surface area contributed by atoms with Crippen molar-refractivity contribution in [3.63, 3.8) is 0 Å². The van der Waals surface area contributed by atoms with Gasteiger partial charge in [-0.15, -0.1) is 0 Å². The van der Waals surface area contributed by atoms with E-state index in [1.165, 1.54) is 6.20 Å². The molecule has 1 aromatic heterocycles. The maximum atomic E-state index is 16.0. The number of imide groups is 1. The number of ether oxygens (including phenoxy) is 1. The highest BCUT2D eigenvalue weighted by Crippen LogP contribution is 2.48. The van der Waals surface area contributed by atoms with E-state index in [4.69, 9.17) is 4.74 Å². The summed E-state index contributed by atoms with van der Waals surface area (Å²) in [7, 11) is 0. The molecule has 2 aliphatic heterocycles. The number of rotatable bonds is 2. The molecule has 1 aromatic carbocycles. The first kappa shape index (κ1) is 25.0. The third-order valence-corrected chi connectivity index (χ3v) is 7.01. The smallest absolute Gasteiger partial charge is 0.410 e. The van der Waals surface area contributed by atoms with E-state index in [0.717, 1.165) is 0 Å². The Morgan fingerprint density at radius 1 is 1.29 bits per heavy atom. The molecule has 8 nitrogen and oxygen atoms in total. The summed E-state index contributed by atoms with van der Waals surface area (Å²) in [5.41, 5.74) is -2.03. The molecule has 3 heterocycles. The van der Waals surface area contributed by atoms with Crippen molar-refractivity contribution in [1.82, 2.24) is 15.2 Å². The molecular weight excluding hydrogens is 453 g/mol. The number of aromatic nitrogens is 1. The van der Waals surface area contributed by atoms with Crippen LogP contribution in [0.5, 0.6) is 0 Å². The normalized spacial score (nSPS) is 24.9. The molecule has 188 valence electrons. The molecule has 35 heavy (non-hydrogen) atoms. The van der Waals surface area contributed by atoms with Crippen molar-refractivity contribution in [3.05, 3.63) is 41.3 Å². The lowest BCUT2D eigenvalue weighted by Gasteiger charge is -2.50. The number of carbonyl (C=O) groups is 3. The summed E-state index contributed by atoms with van der Waals surface area (Å²) in [5, 5.41) is 14.3. The zero-order chi connectivity index (χ0) is 25.8. The second-order valence-electron chi connectivity index (χ2n) is 11.2. The molecule has 0 saturated carbocycles. The van der Waals surface area contributed by atoms with Gasteiger partial charge in [-0.25, -0.2) is 9.18 Å². The van der Waals surface area contributed by atoms with Crippen molar-refractivity contribution in [1.29, 1.82) is 0 Å². The standard InChI is InChI=1S/C26H32FN3O5/c1-24(2,3)35-23(33)30-11-10-26(34,25(4,5)14-30)18-7-8-19-17(21(18)27)12-15(13-28-19)16-6-9-20(31)29-22(16)32/h7-8,12-13,16,34H,6,9-11,14H2,1-5H3,(H,29,31,32). The number of hydrogen-bond donors (Lipinski definition) is 2. The monoisotopic (exact) mass is 485 g/mol. The van der Waals surface area contributed by atoms with Gasteiger partial charge in [0.05, 0.1) is 11.4 Å². The fourth-order valence-electron chi connectivity index (χ4n) is 5.01. The van der Waals surface area contributed by atoms with Gasteiger partial charge in [-0.1, -0.05) is 19.9 Å². The number of halogens is 1. The Balaban J connectivity index is 1.67. The zero-order valence-corrected chi connectivity index (χ0v) is 20.8. The summed E-state index contributed by atoms with van der Waals surface area (Å²) in [6.07, 6.45) is 1.72. The number of fused-ring (bicyclic) bond motifs is 1. The van der Waals surface area contributed by atoms with Crippen LogP contribution in [0.4, 0.5) is 9.18 Å². The van der Waals surface area contributed by atoms with Gasteiger partial charge in [0.1, 0.15) is 17.0 Å². The third kappa shape index (κ3) is 4.61. The minimum Gasteiger partial charge on any atom is -0.444 e. The van der Waals surface area contributed by atoms with Gasteiger partial charge in [0.15, 0.2) is 0 Å². The number of pyridine rings is 1. The number of nitrogens with one attached hydrogen (secondary N) is 1. The lowest BCUT2D eigenvalue weighted by Crippen LogP contribution is -2.57. The number of hydrogen-bond acceptors (Lipinski definition) is 6. The first-order valence-electron chi connectivity index (χ1n) is 11.8. The molecule has 2 saturated heterocycles. The number of benzene rings is 1. The van der Waals surface area contributed by atoms with Crippen molar-refractivity contribution in [2.75, 3.05) is 13.1 Å². The third-order valence-electron chi connectivity index (χ3n) is 7.01. The predicted octanol–water partition coefficient (Wildman–Crippen LogP) is 3.75. The van der Waals surface area contributed by atoms with Crippen LogP contribution in [0.3, 0.4) is 0 Å². The molecule has 4 rings (SSSR count). The highest BCUT2D eigenvalue weighted by Gasteiger charge is 2.51. The van der Waals surface area contributed by atoms with Crippen LogP contribution >= 0.6 is 0 Å². The average molecular weight is 486 g/mol. The molecule has 0 radical (unpaired) electrons. The van der Waals surface area contributed by atoms with Gasteiger partial charge in [0.2, 0.25) is 11.8 Å². The summed E-state index contributed by atoms with van der Waals surface area (Å²) in [6, 6.07) is 4.77. The molecule has 0 spiro atoms. The molecule has 0 aliphatic carbocycles. The second-order valence-corrected chi connectivity index (χ2v) is 11.2. The Hall–Kier alpha value is -3.07. The summed E-state index contributed by atoms with van der Waals surface area (Å²) in [5.74, 6) is -1.95. The van der Waals surface area contributed by atoms with E-state index in [1.807, 2.05) is 0 Å². The van der Waals surface area contributed by atoms with E-state index < -0.39 is 40.4 Å². The lowest BCUT2D eigenvalue weighted by molar-refractivity contribution is -0.134. The van der Waals surface area contributed by atoms with Gasteiger partial charge in [-0.3, -0.25) is 19.9 Å². The molecular formula is C26H32FN3O5. The predicted molar refractivity (Wildman–Crippen MR) is 127 cm³/mol. The Morgan fingerprint density at radius 3 is 2.63 bits per heavy atom. The SMILES string of the molecule is CC(C)(C)OC(=O)N1CCC(O)(c2ccc3ncc(C4CCC(=O)NC4=O)cc3c2F)C(C)(C)C1. The van der Waals surface area contributed by atoms with Gasteiger partial charge in [0, 0.05) is 42.1 Å². The van der Waals surface area contributed by atoms with Crippen LogP contribution in [0, 0.1) is 11.2 Å². The fraction of sp³-hybridized carbons (Fsp3) is 0.538. The van der Waals surface area contributed by atoms with E-state index in [1.54, 1.807) is 57.7 Å². The number of nitrogens with zero attached hydrogens (tertiary/aromatic N) is 2. The van der Waals surface area contributed by atoms with Gasteiger partial charge in [-0.2, -0.15) is 0 Å². The molecule has 0 bridgehead atoms. The van der Waals surface area contributed by atoms with Crippen LogP contribution in [0.2, 0.25) is 0 Å². The molecule has 2 atom stereocenters. The van der Waals surface area contributed by atoms with Crippen LogP contribution in [0.1, 0.15) is 70.9 Å². The first-order valence-corrected chi connectivity index (χ1v) is 11.8. The minimum absolute atomic E-state index is 0.126. The Bertz CT molecular complexity index is 1210. The topological polar surface area (TPSA) is 109 Å².